The van der Waals surface area contributed by atoms with E-state index >= 15 is 0 Å². The van der Waals surface area contributed by atoms with E-state index in [0.717, 1.165) is 19.6 Å². The molecule has 0 aromatic heterocycles. The van der Waals surface area contributed by atoms with Gasteiger partial charge in [-0.25, -0.2) is 4.39 Å². The molecule has 0 radical (unpaired) electrons. The summed E-state index contributed by atoms with van der Waals surface area (Å²) in [6.07, 6.45) is 2.39. The van der Waals surface area contributed by atoms with Crippen LogP contribution in [0.15, 0.2) is 12.1 Å². The van der Waals surface area contributed by atoms with E-state index < -0.39 is 0 Å². The third-order valence-electron chi connectivity index (χ3n) is 4.10. The van der Waals surface area contributed by atoms with Gasteiger partial charge >= 0.3 is 0 Å². The molecule has 2 rings (SSSR count). The van der Waals surface area contributed by atoms with Crippen molar-refractivity contribution in [2.45, 2.75) is 25.8 Å². The summed E-state index contributed by atoms with van der Waals surface area (Å²) in [7, 11) is 3.46. The lowest BCUT2D eigenvalue weighted by Crippen LogP contribution is -2.39. The van der Waals surface area contributed by atoms with Crippen LogP contribution in [0.4, 0.5) is 15.8 Å². The largest absolute Gasteiger partial charge is 0.495 e. The predicted molar refractivity (Wildman–Crippen MR) is 80.9 cm³/mol. The molecule has 20 heavy (non-hydrogen) atoms. The van der Waals surface area contributed by atoms with E-state index in [1.54, 1.807) is 13.2 Å². The molecule has 1 aromatic carbocycles. The van der Waals surface area contributed by atoms with E-state index in [2.05, 4.69) is 11.8 Å². The average Bonchev–Trinajstić information content (AvgIpc) is 2.86. The lowest BCUT2D eigenvalue weighted by atomic mass is 10.2. The number of likely N-dealkylation sites (tertiary alicyclic amines) is 1. The van der Waals surface area contributed by atoms with Gasteiger partial charge in [0.1, 0.15) is 11.6 Å². The Bertz CT molecular complexity index is 467. The maximum atomic E-state index is 14.1. The second-order valence-electron chi connectivity index (χ2n) is 5.35. The molecule has 1 aliphatic rings. The highest BCUT2D eigenvalue weighted by molar-refractivity contribution is 5.63. The van der Waals surface area contributed by atoms with Crippen LogP contribution in [0.3, 0.4) is 0 Å². The van der Waals surface area contributed by atoms with Crippen LogP contribution in [-0.4, -0.2) is 44.7 Å². The standard InChI is InChI=1S/C15H24FN3O/c1-4-19-7-5-6-11(19)10-18(2)14-9-15(20-3)13(17)8-12(14)16/h8-9,11H,4-7,10,17H2,1-3H3. The van der Waals surface area contributed by atoms with Crippen molar-refractivity contribution in [1.82, 2.24) is 4.90 Å². The molecule has 112 valence electrons. The Morgan fingerprint density at radius 1 is 1.50 bits per heavy atom. The molecule has 1 aliphatic heterocycles. The summed E-state index contributed by atoms with van der Waals surface area (Å²) in [6.45, 7) is 5.18. The lowest BCUT2D eigenvalue weighted by molar-refractivity contribution is 0.270. The van der Waals surface area contributed by atoms with Crippen LogP contribution in [-0.2, 0) is 0 Å². The summed E-state index contributed by atoms with van der Waals surface area (Å²) in [5, 5.41) is 0. The van der Waals surface area contributed by atoms with Gasteiger partial charge in [-0.05, 0) is 25.9 Å². The topological polar surface area (TPSA) is 41.7 Å². The predicted octanol–water partition coefficient (Wildman–Crippen LogP) is 2.34. The quantitative estimate of drug-likeness (QED) is 0.841. The molecule has 0 amide bonds. The smallest absolute Gasteiger partial charge is 0.148 e. The zero-order valence-electron chi connectivity index (χ0n) is 12.5. The second-order valence-corrected chi connectivity index (χ2v) is 5.35. The number of methoxy groups -OCH3 is 1. The van der Waals surface area contributed by atoms with Gasteiger partial charge in [0, 0.05) is 31.8 Å². The Labute approximate surface area is 120 Å². The van der Waals surface area contributed by atoms with E-state index in [9.17, 15) is 4.39 Å². The number of benzene rings is 1. The molecule has 1 atom stereocenters. The molecule has 0 aliphatic carbocycles. The number of hydrogen-bond acceptors (Lipinski definition) is 4. The molecule has 0 spiro atoms. The van der Waals surface area contributed by atoms with Crippen molar-refractivity contribution >= 4 is 11.4 Å². The lowest BCUT2D eigenvalue weighted by Gasteiger charge is -2.29. The second kappa shape index (κ2) is 6.31. The molecule has 1 heterocycles. The van der Waals surface area contributed by atoms with Crippen molar-refractivity contribution in [2.75, 3.05) is 44.4 Å². The molecular weight excluding hydrogens is 257 g/mol. The first kappa shape index (κ1) is 14.9. The van der Waals surface area contributed by atoms with Gasteiger partial charge in [0.15, 0.2) is 0 Å². The third-order valence-corrected chi connectivity index (χ3v) is 4.10. The first-order valence-electron chi connectivity index (χ1n) is 7.15. The van der Waals surface area contributed by atoms with Gasteiger partial charge in [-0.2, -0.15) is 0 Å². The average molecular weight is 281 g/mol. The zero-order chi connectivity index (χ0) is 14.7. The summed E-state index contributed by atoms with van der Waals surface area (Å²) in [4.78, 5) is 4.40. The fraction of sp³-hybridized carbons (Fsp3) is 0.600. The Kier molecular flexibility index (Phi) is 4.70. The highest BCUT2D eigenvalue weighted by Gasteiger charge is 2.25. The van der Waals surface area contributed by atoms with E-state index in [4.69, 9.17) is 10.5 Å². The summed E-state index contributed by atoms with van der Waals surface area (Å²) < 4.78 is 19.3. The van der Waals surface area contributed by atoms with Gasteiger partial charge in [-0.1, -0.05) is 6.92 Å². The first-order chi connectivity index (χ1) is 9.56. The number of halogens is 1. The van der Waals surface area contributed by atoms with Crippen molar-refractivity contribution in [3.63, 3.8) is 0 Å². The van der Waals surface area contributed by atoms with E-state index in [1.807, 2.05) is 11.9 Å². The number of nitrogen functional groups attached to an aromatic ring is 1. The van der Waals surface area contributed by atoms with Crippen LogP contribution in [0.2, 0.25) is 0 Å². The minimum atomic E-state index is -0.299. The van der Waals surface area contributed by atoms with E-state index in [1.165, 1.54) is 18.9 Å². The van der Waals surface area contributed by atoms with Gasteiger partial charge in [0.25, 0.3) is 0 Å². The fourth-order valence-corrected chi connectivity index (χ4v) is 2.96. The van der Waals surface area contributed by atoms with Crippen molar-refractivity contribution in [3.05, 3.63) is 17.9 Å². The van der Waals surface area contributed by atoms with Crippen LogP contribution in [0.1, 0.15) is 19.8 Å². The molecule has 1 saturated heterocycles. The van der Waals surface area contributed by atoms with Crippen molar-refractivity contribution in [3.8, 4) is 5.75 Å². The maximum Gasteiger partial charge on any atom is 0.148 e. The SMILES string of the molecule is CCN1CCCC1CN(C)c1cc(OC)c(N)cc1F. The van der Waals surface area contributed by atoms with Crippen LogP contribution in [0, 0.1) is 5.82 Å². The third kappa shape index (κ3) is 2.98. The number of hydrogen-bond donors (Lipinski definition) is 1. The maximum absolute atomic E-state index is 14.1. The minimum Gasteiger partial charge on any atom is -0.495 e. The molecule has 2 N–H and O–H groups in total. The summed E-state index contributed by atoms with van der Waals surface area (Å²) >= 11 is 0. The van der Waals surface area contributed by atoms with Gasteiger partial charge in [0.2, 0.25) is 0 Å². The van der Waals surface area contributed by atoms with Gasteiger partial charge in [-0.3, -0.25) is 4.90 Å². The highest BCUT2D eigenvalue weighted by atomic mass is 19.1. The Morgan fingerprint density at radius 3 is 2.90 bits per heavy atom. The van der Waals surface area contributed by atoms with Crippen LogP contribution in [0.25, 0.3) is 0 Å². The Hall–Kier alpha value is -1.49. The number of likely N-dealkylation sites (N-methyl/N-ethyl adjacent to an activating group) is 2. The number of ether oxygens (including phenoxy) is 1. The molecule has 5 heteroatoms. The van der Waals surface area contributed by atoms with Crippen molar-refractivity contribution < 1.29 is 9.13 Å². The number of nitrogens with zero attached hydrogens (tertiary/aromatic N) is 2. The molecule has 1 unspecified atom stereocenters. The molecule has 1 fully saturated rings. The molecule has 4 nitrogen and oxygen atoms in total. The Morgan fingerprint density at radius 2 is 2.25 bits per heavy atom. The van der Waals surface area contributed by atoms with E-state index in [-0.39, 0.29) is 5.82 Å². The number of anilines is 2. The van der Waals surface area contributed by atoms with Crippen LogP contribution in [0.5, 0.6) is 5.75 Å². The summed E-state index contributed by atoms with van der Waals surface area (Å²) in [5.41, 5.74) is 6.59. The van der Waals surface area contributed by atoms with E-state index in [0.29, 0.717) is 23.2 Å². The molecule has 1 aromatic rings. The monoisotopic (exact) mass is 281 g/mol. The highest BCUT2D eigenvalue weighted by Crippen LogP contribution is 2.31. The van der Waals surface area contributed by atoms with Gasteiger partial charge in [-0.15, -0.1) is 0 Å². The van der Waals surface area contributed by atoms with Crippen molar-refractivity contribution in [2.24, 2.45) is 0 Å². The zero-order valence-corrected chi connectivity index (χ0v) is 12.5. The molecular formula is C15H24FN3O. The summed E-state index contributed by atoms with van der Waals surface area (Å²) in [5.74, 6) is 0.221. The minimum absolute atomic E-state index is 0.299. The molecule has 0 bridgehead atoms. The normalized spacial score (nSPS) is 19.3. The van der Waals surface area contributed by atoms with Crippen LogP contribution < -0.4 is 15.4 Å². The van der Waals surface area contributed by atoms with Gasteiger partial charge in [0.05, 0.1) is 18.5 Å². The Balaban J connectivity index is 2.14. The molecule has 0 saturated carbocycles. The van der Waals surface area contributed by atoms with Crippen molar-refractivity contribution in [1.29, 1.82) is 0 Å². The van der Waals surface area contributed by atoms with Crippen LogP contribution >= 0.6 is 0 Å². The summed E-state index contributed by atoms with van der Waals surface area (Å²) in [6, 6.07) is 3.50. The fourth-order valence-electron chi connectivity index (χ4n) is 2.96. The number of rotatable bonds is 5. The first-order valence-corrected chi connectivity index (χ1v) is 7.15. The number of nitrogens with two attached hydrogens (primary N) is 1. The van der Waals surface area contributed by atoms with Gasteiger partial charge < -0.3 is 15.4 Å².